The van der Waals surface area contributed by atoms with E-state index in [1.54, 1.807) is 18.2 Å². The summed E-state index contributed by atoms with van der Waals surface area (Å²) in [5, 5.41) is 12.5. The summed E-state index contributed by atoms with van der Waals surface area (Å²) < 4.78 is 27.8. The topological polar surface area (TPSA) is 98.1 Å². The Morgan fingerprint density at radius 2 is 1.96 bits per heavy atom. The van der Waals surface area contributed by atoms with Crippen molar-refractivity contribution in [2.24, 2.45) is 0 Å². The van der Waals surface area contributed by atoms with Crippen molar-refractivity contribution >= 4 is 27.7 Å². The second-order valence-electron chi connectivity index (χ2n) is 6.07. The Hall–Kier alpha value is -1.94. The third-order valence-corrected chi connectivity index (χ3v) is 7.32. The highest BCUT2D eigenvalue weighted by Gasteiger charge is 2.40. The number of hydrogen-bond acceptors (Lipinski definition) is 7. The van der Waals surface area contributed by atoms with Crippen molar-refractivity contribution in [2.75, 3.05) is 12.3 Å². The molecule has 0 bridgehead atoms. The molecule has 0 unspecified atom stereocenters. The molecule has 2 heterocycles. The monoisotopic (exact) mass is 379 g/mol. The molecule has 1 fully saturated rings. The fourth-order valence-electron chi connectivity index (χ4n) is 3.33. The van der Waals surface area contributed by atoms with Gasteiger partial charge in [0.2, 0.25) is 5.16 Å². The van der Waals surface area contributed by atoms with Gasteiger partial charge in [0.1, 0.15) is 4.90 Å². The van der Waals surface area contributed by atoms with E-state index in [-0.39, 0.29) is 17.0 Å². The van der Waals surface area contributed by atoms with E-state index in [1.165, 1.54) is 30.7 Å². The van der Waals surface area contributed by atoms with Crippen LogP contribution in [0.5, 0.6) is 0 Å². The molecular formula is C15H17N5O3S2. The molecule has 0 N–H and O–H groups in total. The van der Waals surface area contributed by atoms with E-state index in [9.17, 15) is 13.2 Å². The molecule has 8 nitrogen and oxygen atoms in total. The first-order chi connectivity index (χ1) is 12.1. The van der Waals surface area contributed by atoms with Gasteiger partial charge >= 0.3 is 0 Å². The van der Waals surface area contributed by atoms with Gasteiger partial charge in [-0.05, 0) is 35.4 Å². The molecule has 25 heavy (non-hydrogen) atoms. The zero-order valence-corrected chi connectivity index (χ0v) is 15.0. The lowest BCUT2D eigenvalue weighted by atomic mass is 10.2. The minimum atomic E-state index is -3.75. The Labute approximate surface area is 149 Å². The Morgan fingerprint density at radius 1 is 1.20 bits per heavy atom. The Bertz CT molecular complexity index is 905. The molecule has 2 aliphatic rings. The molecule has 1 aromatic heterocycles. The van der Waals surface area contributed by atoms with Gasteiger partial charge in [0.05, 0.1) is 11.6 Å². The zero-order valence-electron chi connectivity index (χ0n) is 13.4. The average molecular weight is 379 g/mol. The largest absolute Gasteiger partial charge is 0.269 e. The summed E-state index contributed by atoms with van der Waals surface area (Å²) in [5.74, 6) is -0.0573. The number of nitrogens with zero attached hydrogens (tertiary/aromatic N) is 5. The molecule has 4 rings (SSSR count). The van der Waals surface area contributed by atoms with Crippen molar-refractivity contribution < 1.29 is 13.2 Å². The van der Waals surface area contributed by atoms with E-state index in [1.807, 2.05) is 4.68 Å². The minimum absolute atomic E-state index is 0.0841. The van der Waals surface area contributed by atoms with Crippen LogP contribution in [-0.2, 0) is 10.0 Å². The third kappa shape index (κ3) is 2.82. The molecule has 1 aliphatic heterocycles. The number of rotatable bonds is 5. The van der Waals surface area contributed by atoms with Crippen LogP contribution in [0.25, 0.3) is 0 Å². The summed E-state index contributed by atoms with van der Waals surface area (Å²) in [6.07, 6.45) is 4.47. The molecule has 2 aromatic rings. The molecule has 1 saturated carbocycles. The van der Waals surface area contributed by atoms with Crippen molar-refractivity contribution in [3.63, 3.8) is 0 Å². The number of carbonyl (C=O) groups is 1. The first-order valence-electron chi connectivity index (χ1n) is 8.16. The molecule has 0 atom stereocenters. The van der Waals surface area contributed by atoms with Crippen LogP contribution in [0.2, 0.25) is 0 Å². The van der Waals surface area contributed by atoms with E-state index in [0.29, 0.717) is 17.0 Å². The van der Waals surface area contributed by atoms with Crippen molar-refractivity contribution in [2.45, 2.75) is 41.8 Å². The number of amides is 1. The van der Waals surface area contributed by atoms with E-state index < -0.39 is 15.9 Å². The number of fused-ring (bicyclic) bond motifs is 1. The first-order valence-corrected chi connectivity index (χ1v) is 10.6. The van der Waals surface area contributed by atoms with Crippen LogP contribution in [0.3, 0.4) is 0 Å². The van der Waals surface area contributed by atoms with Gasteiger partial charge in [0.25, 0.3) is 15.9 Å². The van der Waals surface area contributed by atoms with E-state index in [0.717, 1.165) is 17.1 Å². The maximum atomic E-state index is 12.5. The molecule has 10 heteroatoms. The fourth-order valence-corrected chi connectivity index (χ4v) is 5.88. The smallest absolute Gasteiger partial charge is 0.268 e. The maximum Gasteiger partial charge on any atom is 0.269 e. The first kappa shape index (κ1) is 16.5. The van der Waals surface area contributed by atoms with Crippen LogP contribution in [0.15, 0.2) is 34.3 Å². The van der Waals surface area contributed by atoms with Crippen LogP contribution >= 0.6 is 11.8 Å². The van der Waals surface area contributed by atoms with Gasteiger partial charge in [0, 0.05) is 12.3 Å². The van der Waals surface area contributed by atoms with Gasteiger partial charge < -0.3 is 0 Å². The summed E-state index contributed by atoms with van der Waals surface area (Å²) in [6.45, 7) is 0.0953. The lowest BCUT2D eigenvalue weighted by Crippen LogP contribution is -2.32. The SMILES string of the molecule is O=C1c2ccccc2S(=O)(=O)N1CCSc1nnnn1C1CCCC1. The van der Waals surface area contributed by atoms with Gasteiger partial charge in [-0.3, -0.25) is 4.79 Å². The zero-order chi connectivity index (χ0) is 17.4. The molecule has 1 aliphatic carbocycles. The molecule has 132 valence electrons. The van der Waals surface area contributed by atoms with E-state index >= 15 is 0 Å². The van der Waals surface area contributed by atoms with Crippen molar-refractivity contribution in [3.05, 3.63) is 29.8 Å². The van der Waals surface area contributed by atoms with Crippen LogP contribution in [-0.4, -0.2) is 51.1 Å². The van der Waals surface area contributed by atoms with E-state index in [4.69, 9.17) is 0 Å². The number of sulfonamides is 1. The number of aromatic nitrogens is 4. The Morgan fingerprint density at radius 3 is 2.72 bits per heavy atom. The predicted molar refractivity (Wildman–Crippen MR) is 90.7 cm³/mol. The number of benzene rings is 1. The second kappa shape index (κ2) is 6.41. The van der Waals surface area contributed by atoms with Gasteiger partial charge in [-0.2, -0.15) is 0 Å². The highest BCUT2D eigenvalue weighted by molar-refractivity contribution is 7.99. The van der Waals surface area contributed by atoms with Crippen LogP contribution in [0, 0.1) is 0 Å². The lowest BCUT2D eigenvalue weighted by Gasteiger charge is -2.15. The Kier molecular flexibility index (Phi) is 4.24. The number of tetrazole rings is 1. The molecular weight excluding hydrogens is 362 g/mol. The van der Waals surface area contributed by atoms with E-state index in [2.05, 4.69) is 15.5 Å². The quantitative estimate of drug-likeness (QED) is 0.730. The van der Waals surface area contributed by atoms with Crippen LogP contribution < -0.4 is 0 Å². The van der Waals surface area contributed by atoms with Crippen LogP contribution in [0.4, 0.5) is 0 Å². The van der Waals surface area contributed by atoms with Crippen LogP contribution in [0.1, 0.15) is 42.1 Å². The van der Waals surface area contributed by atoms with Gasteiger partial charge in [-0.1, -0.05) is 36.7 Å². The highest BCUT2D eigenvalue weighted by Crippen LogP contribution is 2.33. The van der Waals surface area contributed by atoms with Gasteiger partial charge in [-0.25, -0.2) is 17.4 Å². The molecule has 1 amide bonds. The molecule has 0 radical (unpaired) electrons. The number of carbonyl (C=O) groups excluding carboxylic acids is 1. The lowest BCUT2D eigenvalue weighted by molar-refractivity contribution is 0.0876. The van der Waals surface area contributed by atoms with Crippen molar-refractivity contribution in [1.82, 2.24) is 24.5 Å². The van der Waals surface area contributed by atoms with Crippen molar-refractivity contribution in [3.8, 4) is 0 Å². The standard InChI is InChI=1S/C15H17N5O3S2/c21-14-12-7-3-4-8-13(12)25(22,23)19(14)9-10-24-15-16-17-18-20(15)11-5-1-2-6-11/h3-4,7-8,11H,1-2,5-6,9-10H2. The molecule has 0 saturated heterocycles. The minimum Gasteiger partial charge on any atom is -0.268 e. The highest BCUT2D eigenvalue weighted by atomic mass is 32.2. The summed E-state index contributed by atoms with van der Waals surface area (Å²) >= 11 is 1.38. The fraction of sp³-hybridized carbons (Fsp3) is 0.467. The van der Waals surface area contributed by atoms with Gasteiger partial charge in [0.15, 0.2) is 0 Å². The number of thioether (sulfide) groups is 1. The third-order valence-electron chi connectivity index (χ3n) is 4.57. The normalized spacial score (nSPS) is 19.5. The average Bonchev–Trinajstić information content (AvgIpc) is 3.31. The Balaban J connectivity index is 1.45. The van der Waals surface area contributed by atoms with Gasteiger partial charge in [-0.15, -0.1) is 5.10 Å². The predicted octanol–water partition coefficient (Wildman–Crippen LogP) is 1.72. The molecule has 0 spiro atoms. The summed E-state index contributed by atoms with van der Waals surface area (Å²) in [5.41, 5.74) is 0.239. The summed E-state index contributed by atoms with van der Waals surface area (Å²) in [7, 11) is -3.75. The summed E-state index contributed by atoms with van der Waals surface area (Å²) in [4.78, 5) is 12.5. The number of hydrogen-bond donors (Lipinski definition) is 0. The maximum absolute atomic E-state index is 12.5. The molecule has 1 aromatic carbocycles. The summed E-state index contributed by atoms with van der Waals surface area (Å²) in [6, 6.07) is 6.62. The van der Waals surface area contributed by atoms with Crippen molar-refractivity contribution in [1.29, 1.82) is 0 Å². The second-order valence-corrected chi connectivity index (χ2v) is 8.96.